The van der Waals surface area contributed by atoms with Crippen molar-refractivity contribution in [2.45, 2.75) is 52.7 Å². The zero-order valence-electron chi connectivity index (χ0n) is 16.3. The topological polar surface area (TPSA) is 84.1 Å². The van der Waals surface area contributed by atoms with Crippen molar-refractivity contribution in [1.82, 2.24) is 15.3 Å². The minimum absolute atomic E-state index is 0.0401. The lowest BCUT2D eigenvalue weighted by Gasteiger charge is -2.37. The fraction of sp³-hybridized carbons (Fsp3) is 0.571. The lowest BCUT2D eigenvalue weighted by molar-refractivity contribution is -0.131. The van der Waals surface area contributed by atoms with Crippen LogP contribution in [0.1, 0.15) is 45.9 Å². The number of fused-ring (bicyclic) bond motifs is 1. The molecule has 0 bridgehead atoms. The SMILES string of the molecule is CC1CCC(C(C)C)C(OCC(=O)NCc2nc3ccccc3c(=O)[nH]2)C1. The van der Waals surface area contributed by atoms with Crippen LogP contribution in [0.2, 0.25) is 0 Å². The van der Waals surface area contributed by atoms with Crippen LogP contribution >= 0.6 is 0 Å². The predicted molar refractivity (Wildman–Crippen MR) is 105 cm³/mol. The molecule has 1 aliphatic carbocycles. The van der Waals surface area contributed by atoms with Crippen molar-refractivity contribution >= 4 is 16.8 Å². The molecule has 1 aliphatic rings. The smallest absolute Gasteiger partial charge is 0.258 e. The third-order valence-electron chi connectivity index (χ3n) is 5.50. The maximum Gasteiger partial charge on any atom is 0.258 e. The van der Waals surface area contributed by atoms with Crippen LogP contribution in [0.4, 0.5) is 0 Å². The molecule has 0 radical (unpaired) electrons. The van der Waals surface area contributed by atoms with Crippen molar-refractivity contribution in [1.29, 1.82) is 0 Å². The highest BCUT2D eigenvalue weighted by Gasteiger charge is 2.31. The molecule has 0 saturated heterocycles. The summed E-state index contributed by atoms with van der Waals surface area (Å²) in [6.07, 6.45) is 3.54. The Balaban J connectivity index is 1.54. The summed E-state index contributed by atoms with van der Waals surface area (Å²) in [4.78, 5) is 31.4. The highest BCUT2D eigenvalue weighted by Crippen LogP contribution is 2.35. The summed E-state index contributed by atoms with van der Waals surface area (Å²) in [5.74, 6) is 1.95. The Kier molecular flexibility index (Phi) is 6.26. The van der Waals surface area contributed by atoms with Crippen LogP contribution in [0.25, 0.3) is 10.9 Å². The monoisotopic (exact) mass is 371 g/mol. The molecule has 2 aromatic rings. The van der Waals surface area contributed by atoms with Gasteiger partial charge in [0.2, 0.25) is 5.91 Å². The Morgan fingerprint density at radius 2 is 2.11 bits per heavy atom. The van der Waals surface area contributed by atoms with Gasteiger partial charge in [-0.25, -0.2) is 4.98 Å². The molecule has 1 aromatic carbocycles. The molecule has 146 valence electrons. The molecule has 1 aromatic heterocycles. The van der Waals surface area contributed by atoms with E-state index in [1.54, 1.807) is 18.2 Å². The van der Waals surface area contributed by atoms with E-state index >= 15 is 0 Å². The number of para-hydroxylation sites is 1. The summed E-state index contributed by atoms with van der Waals surface area (Å²) in [5.41, 5.74) is 0.426. The number of hydrogen-bond donors (Lipinski definition) is 2. The number of aromatic nitrogens is 2. The van der Waals surface area contributed by atoms with Gasteiger partial charge in [-0.1, -0.05) is 39.3 Å². The van der Waals surface area contributed by atoms with Crippen molar-refractivity contribution in [3.8, 4) is 0 Å². The van der Waals surface area contributed by atoms with E-state index in [0.717, 1.165) is 12.8 Å². The van der Waals surface area contributed by atoms with E-state index in [9.17, 15) is 9.59 Å². The summed E-state index contributed by atoms with van der Waals surface area (Å²) in [5, 5.41) is 3.33. The second-order valence-electron chi connectivity index (χ2n) is 7.98. The third-order valence-corrected chi connectivity index (χ3v) is 5.50. The van der Waals surface area contributed by atoms with Gasteiger partial charge in [0, 0.05) is 0 Å². The molecule has 6 nitrogen and oxygen atoms in total. The summed E-state index contributed by atoms with van der Waals surface area (Å²) in [6.45, 7) is 6.90. The molecule has 6 heteroatoms. The molecule has 1 saturated carbocycles. The second kappa shape index (κ2) is 8.65. The minimum atomic E-state index is -0.197. The van der Waals surface area contributed by atoms with Crippen LogP contribution in [-0.2, 0) is 16.1 Å². The van der Waals surface area contributed by atoms with Crippen molar-refractivity contribution in [3.63, 3.8) is 0 Å². The first-order chi connectivity index (χ1) is 12.9. The number of benzene rings is 1. The number of H-pyrrole nitrogens is 1. The summed E-state index contributed by atoms with van der Waals surface area (Å²) < 4.78 is 5.97. The number of rotatable bonds is 6. The van der Waals surface area contributed by atoms with E-state index in [1.165, 1.54) is 6.42 Å². The second-order valence-corrected chi connectivity index (χ2v) is 7.98. The fourth-order valence-corrected chi connectivity index (χ4v) is 3.94. The molecule has 3 atom stereocenters. The molecular weight excluding hydrogens is 342 g/mol. The average molecular weight is 371 g/mol. The van der Waals surface area contributed by atoms with E-state index in [4.69, 9.17) is 4.74 Å². The highest BCUT2D eigenvalue weighted by atomic mass is 16.5. The lowest BCUT2D eigenvalue weighted by Crippen LogP contribution is -2.37. The van der Waals surface area contributed by atoms with Crippen LogP contribution in [0.15, 0.2) is 29.1 Å². The standard InChI is InChI=1S/C21H29N3O3/c1-13(2)15-9-8-14(3)10-18(15)27-12-20(25)22-11-19-23-17-7-5-4-6-16(17)21(26)24-19/h4-7,13-15,18H,8-12H2,1-3H3,(H,22,25)(H,23,24,26). The van der Waals surface area contributed by atoms with Gasteiger partial charge in [0.1, 0.15) is 12.4 Å². The Morgan fingerprint density at radius 3 is 2.89 bits per heavy atom. The zero-order valence-corrected chi connectivity index (χ0v) is 16.3. The van der Waals surface area contributed by atoms with Crippen LogP contribution < -0.4 is 10.9 Å². The summed E-state index contributed by atoms with van der Waals surface area (Å²) >= 11 is 0. The van der Waals surface area contributed by atoms with E-state index in [0.29, 0.717) is 34.5 Å². The number of ether oxygens (including phenoxy) is 1. The van der Waals surface area contributed by atoms with E-state index < -0.39 is 0 Å². The number of nitrogens with zero attached hydrogens (tertiary/aromatic N) is 1. The Labute approximate surface area is 159 Å². The minimum Gasteiger partial charge on any atom is -0.368 e. The van der Waals surface area contributed by atoms with Crippen molar-refractivity contribution in [2.75, 3.05) is 6.61 Å². The van der Waals surface area contributed by atoms with Crippen LogP contribution in [0.3, 0.4) is 0 Å². The Morgan fingerprint density at radius 1 is 1.33 bits per heavy atom. The van der Waals surface area contributed by atoms with Crippen molar-refractivity contribution < 1.29 is 9.53 Å². The highest BCUT2D eigenvalue weighted by molar-refractivity contribution is 5.78. The molecule has 3 unspecified atom stereocenters. The van der Waals surface area contributed by atoms with Gasteiger partial charge in [-0.15, -0.1) is 0 Å². The van der Waals surface area contributed by atoms with Gasteiger partial charge in [0.05, 0.1) is 23.6 Å². The van der Waals surface area contributed by atoms with Crippen LogP contribution in [0.5, 0.6) is 0 Å². The van der Waals surface area contributed by atoms with Crippen LogP contribution in [-0.4, -0.2) is 28.6 Å². The van der Waals surface area contributed by atoms with Gasteiger partial charge in [-0.2, -0.15) is 0 Å². The van der Waals surface area contributed by atoms with Gasteiger partial charge in [0.25, 0.3) is 5.56 Å². The normalized spacial score (nSPS) is 22.9. The molecule has 27 heavy (non-hydrogen) atoms. The van der Waals surface area contributed by atoms with E-state index in [1.807, 2.05) is 6.07 Å². The number of carbonyl (C=O) groups excluding carboxylic acids is 1. The quantitative estimate of drug-likeness (QED) is 0.817. The number of carbonyl (C=O) groups is 1. The van der Waals surface area contributed by atoms with Gasteiger partial charge in [-0.3, -0.25) is 9.59 Å². The maximum absolute atomic E-state index is 12.2. The molecule has 3 rings (SSSR count). The first-order valence-electron chi connectivity index (χ1n) is 9.80. The Bertz CT molecular complexity index is 846. The van der Waals surface area contributed by atoms with Crippen LogP contribution in [0, 0.1) is 17.8 Å². The van der Waals surface area contributed by atoms with Crippen molar-refractivity contribution in [3.05, 3.63) is 40.4 Å². The van der Waals surface area contributed by atoms with Gasteiger partial charge >= 0.3 is 0 Å². The molecule has 0 spiro atoms. The average Bonchev–Trinajstić information content (AvgIpc) is 2.64. The van der Waals surface area contributed by atoms with Gasteiger partial charge in [0.15, 0.2) is 0 Å². The third kappa shape index (κ3) is 4.95. The molecule has 1 amide bonds. The van der Waals surface area contributed by atoms with E-state index in [-0.39, 0.29) is 30.7 Å². The van der Waals surface area contributed by atoms with Gasteiger partial charge in [-0.05, 0) is 42.7 Å². The number of hydrogen-bond acceptors (Lipinski definition) is 4. The number of amides is 1. The largest absolute Gasteiger partial charge is 0.368 e. The zero-order chi connectivity index (χ0) is 19.4. The molecule has 1 fully saturated rings. The first-order valence-corrected chi connectivity index (χ1v) is 9.80. The molecule has 0 aliphatic heterocycles. The summed E-state index contributed by atoms with van der Waals surface area (Å²) in [7, 11) is 0. The summed E-state index contributed by atoms with van der Waals surface area (Å²) in [6, 6.07) is 7.15. The van der Waals surface area contributed by atoms with E-state index in [2.05, 4.69) is 36.1 Å². The number of nitrogens with one attached hydrogen (secondary N) is 2. The number of aromatic amines is 1. The maximum atomic E-state index is 12.2. The first kappa shape index (κ1) is 19.5. The molecule has 2 N–H and O–H groups in total. The molecular formula is C21H29N3O3. The van der Waals surface area contributed by atoms with Crippen molar-refractivity contribution in [2.24, 2.45) is 17.8 Å². The van der Waals surface area contributed by atoms with Gasteiger partial charge < -0.3 is 15.0 Å². The molecule has 1 heterocycles. The Hall–Kier alpha value is -2.21. The lowest BCUT2D eigenvalue weighted by atomic mass is 9.75. The predicted octanol–water partition coefficient (Wildman–Crippen LogP) is 3.02. The fourth-order valence-electron chi connectivity index (χ4n) is 3.94.